The number of carbonyl (C=O) groups excluding carboxylic acids is 3. The van der Waals surface area contributed by atoms with Gasteiger partial charge in [0.2, 0.25) is 5.91 Å². The molecule has 3 amide bonds. The molecule has 1 saturated heterocycles. The Morgan fingerprint density at radius 2 is 1.77 bits per heavy atom. The molecule has 1 N–H and O–H groups in total. The van der Waals surface area contributed by atoms with Crippen molar-refractivity contribution in [2.24, 2.45) is 5.92 Å². The van der Waals surface area contributed by atoms with Gasteiger partial charge in [0, 0.05) is 56.4 Å². The highest BCUT2D eigenvalue weighted by molar-refractivity contribution is 5.95. The van der Waals surface area contributed by atoms with Gasteiger partial charge in [-0.15, -0.1) is 0 Å². The number of amides is 3. The minimum atomic E-state index is -0.771. The molecule has 10 nitrogen and oxygen atoms in total. The maximum Gasteiger partial charge on any atom is 0.338 e. The van der Waals surface area contributed by atoms with Gasteiger partial charge in [-0.1, -0.05) is 12.8 Å². The van der Waals surface area contributed by atoms with Gasteiger partial charge in [-0.25, -0.2) is 9.59 Å². The van der Waals surface area contributed by atoms with Crippen LogP contribution in [0.15, 0.2) is 29.5 Å². The fraction of sp³-hybridized carbons (Fsp3) is 0.621. The van der Waals surface area contributed by atoms with Crippen LogP contribution in [0.2, 0.25) is 0 Å². The Morgan fingerprint density at radius 3 is 2.44 bits per heavy atom. The average Bonchev–Trinajstić information content (AvgIpc) is 3.39. The summed E-state index contributed by atoms with van der Waals surface area (Å²) in [7, 11) is 3.12. The lowest BCUT2D eigenvalue weighted by Crippen LogP contribution is -2.51. The van der Waals surface area contributed by atoms with E-state index in [1.807, 2.05) is 11.8 Å². The number of hydrogen-bond acceptors (Lipinski definition) is 7. The van der Waals surface area contributed by atoms with Crippen LogP contribution in [0.5, 0.6) is 11.5 Å². The summed E-state index contributed by atoms with van der Waals surface area (Å²) in [5.41, 5.74) is 1.61. The smallest absolute Gasteiger partial charge is 0.338 e. The zero-order valence-electron chi connectivity index (χ0n) is 23.7. The van der Waals surface area contributed by atoms with Crippen LogP contribution in [0.4, 0.5) is 4.79 Å². The van der Waals surface area contributed by atoms with Gasteiger partial charge in [-0.3, -0.25) is 14.6 Å². The van der Waals surface area contributed by atoms with Crippen LogP contribution in [0, 0.1) is 5.92 Å². The Kier molecular flexibility index (Phi) is 9.72. The summed E-state index contributed by atoms with van der Waals surface area (Å²) < 4.78 is 16.6. The van der Waals surface area contributed by atoms with Crippen LogP contribution in [-0.2, 0) is 14.3 Å². The van der Waals surface area contributed by atoms with E-state index in [2.05, 4.69) is 10.2 Å². The van der Waals surface area contributed by atoms with Gasteiger partial charge in [0.05, 0.1) is 32.4 Å². The molecule has 1 unspecified atom stereocenters. The standard InChI is InChI=1S/C29H42N4O6/c1-5-33-23(19-31-14-9-15-32(17-16-31)27(34)20-10-7-8-11-20)25(28(35)39-6-2)26(30-29(33)36)22-18-21(37-3)12-13-24(22)38-4/h12-13,18,20,26H,5-11,14-17,19H2,1-4H3,(H,30,36). The van der Waals surface area contributed by atoms with Crippen molar-refractivity contribution in [3.63, 3.8) is 0 Å². The van der Waals surface area contributed by atoms with Crippen molar-refractivity contribution in [3.05, 3.63) is 35.0 Å². The van der Waals surface area contributed by atoms with Crippen LogP contribution < -0.4 is 14.8 Å². The molecule has 0 aromatic heterocycles. The molecule has 3 aliphatic rings. The first kappa shape index (κ1) is 28.7. The zero-order chi connectivity index (χ0) is 27.9. The van der Waals surface area contributed by atoms with E-state index < -0.39 is 12.0 Å². The second kappa shape index (κ2) is 13.2. The molecule has 1 aromatic carbocycles. The number of methoxy groups -OCH3 is 2. The number of esters is 1. The number of nitrogens with one attached hydrogen (secondary N) is 1. The van der Waals surface area contributed by atoms with Gasteiger partial charge < -0.3 is 24.4 Å². The number of rotatable bonds is 9. The first-order chi connectivity index (χ1) is 18.9. The predicted octanol–water partition coefficient (Wildman–Crippen LogP) is 3.33. The maximum atomic E-state index is 13.5. The quantitative estimate of drug-likeness (QED) is 0.478. The van der Waals surface area contributed by atoms with Crippen molar-refractivity contribution in [1.29, 1.82) is 0 Å². The van der Waals surface area contributed by atoms with E-state index in [4.69, 9.17) is 14.2 Å². The van der Waals surface area contributed by atoms with Crippen LogP contribution >= 0.6 is 0 Å². The number of likely N-dealkylation sites (N-methyl/N-ethyl adjacent to an activating group) is 1. The van der Waals surface area contributed by atoms with Crippen LogP contribution in [0.25, 0.3) is 0 Å². The van der Waals surface area contributed by atoms with Gasteiger partial charge in [0.1, 0.15) is 11.5 Å². The minimum Gasteiger partial charge on any atom is -0.497 e. The summed E-state index contributed by atoms with van der Waals surface area (Å²) in [5.74, 6) is 1.07. The van der Waals surface area contributed by atoms with E-state index >= 15 is 0 Å². The molecule has 1 aromatic rings. The zero-order valence-corrected chi connectivity index (χ0v) is 23.7. The molecular formula is C29H42N4O6. The highest BCUT2D eigenvalue weighted by Crippen LogP contribution is 2.38. The Hall–Kier alpha value is -3.27. The van der Waals surface area contributed by atoms with Crippen LogP contribution in [-0.4, -0.2) is 92.7 Å². The monoisotopic (exact) mass is 542 g/mol. The van der Waals surface area contributed by atoms with E-state index in [0.717, 1.165) is 45.2 Å². The first-order valence-electron chi connectivity index (χ1n) is 14.1. The van der Waals surface area contributed by atoms with Crippen molar-refractivity contribution < 1.29 is 28.6 Å². The number of carbonyl (C=O) groups is 3. The molecule has 0 radical (unpaired) electrons. The summed E-state index contributed by atoms with van der Waals surface area (Å²) in [6, 6.07) is 4.26. The van der Waals surface area contributed by atoms with Gasteiger partial charge in [-0.2, -0.15) is 0 Å². The van der Waals surface area contributed by atoms with Gasteiger partial charge in [0.25, 0.3) is 0 Å². The van der Waals surface area contributed by atoms with E-state index in [0.29, 0.717) is 54.5 Å². The molecule has 10 heteroatoms. The molecule has 214 valence electrons. The summed E-state index contributed by atoms with van der Waals surface area (Å²) in [4.78, 5) is 45.8. The Balaban J connectivity index is 1.67. The second-order valence-electron chi connectivity index (χ2n) is 10.3. The van der Waals surface area contributed by atoms with Crippen molar-refractivity contribution in [2.75, 3.05) is 60.1 Å². The fourth-order valence-electron chi connectivity index (χ4n) is 5.95. The molecule has 0 bridgehead atoms. The Morgan fingerprint density at radius 1 is 1.00 bits per heavy atom. The molecule has 1 aliphatic carbocycles. The summed E-state index contributed by atoms with van der Waals surface area (Å²) in [6.07, 6.45) is 5.09. The van der Waals surface area contributed by atoms with Crippen LogP contribution in [0.3, 0.4) is 0 Å². The third-order valence-corrected chi connectivity index (χ3v) is 7.98. The van der Waals surface area contributed by atoms with Crippen molar-refractivity contribution >= 4 is 17.9 Å². The van der Waals surface area contributed by atoms with E-state index in [1.54, 1.807) is 44.2 Å². The SMILES string of the molecule is CCOC(=O)C1=C(CN2CCCN(C(=O)C3CCCC3)CC2)N(CC)C(=O)NC1c1cc(OC)ccc1OC. The van der Waals surface area contributed by atoms with E-state index in [1.165, 1.54) is 0 Å². The lowest BCUT2D eigenvalue weighted by atomic mass is 9.93. The maximum absolute atomic E-state index is 13.5. The summed E-state index contributed by atoms with van der Waals surface area (Å²) in [5, 5.41) is 3.00. The molecule has 2 heterocycles. The molecule has 4 rings (SSSR count). The molecule has 2 fully saturated rings. The second-order valence-corrected chi connectivity index (χ2v) is 10.3. The van der Waals surface area contributed by atoms with Gasteiger partial charge in [0.15, 0.2) is 0 Å². The average molecular weight is 543 g/mol. The third kappa shape index (κ3) is 6.32. The van der Waals surface area contributed by atoms with Crippen LogP contribution in [0.1, 0.15) is 57.6 Å². The van der Waals surface area contributed by atoms with E-state index in [9.17, 15) is 14.4 Å². The minimum absolute atomic E-state index is 0.158. The molecule has 1 saturated carbocycles. The van der Waals surface area contributed by atoms with E-state index in [-0.39, 0.29) is 24.5 Å². The number of nitrogens with zero attached hydrogens (tertiary/aromatic N) is 3. The number of hydrogen-bond donors (Lipinski definition) is 1. The summed E-state index contributed by atoms with van der Waals surface area (Å²) in [6.45, 7) is 7.46. The number of ether oxygens (including phenoxy) is 3. The predicted molar refractivity (Wildman–Crippen MR) is 146 cm³/mol. The molecule has 1 atom stereocenters. The molecule has 39 heavy (non-hydrogen) atoms. The van der Waals surface area contributed by atoms with Crippen molar-refractivity contribution in [1.82, 2.24) is 20.0 Å². The normalized spacial score (nSPS) is 21.0. The van der Waals surface area contributed by atoms with Crippen molar-refractivity contribution in [2.45, 2.75) is 52.0 Å². The molecule has 2 aliphatic heterocycles. The Bertz CT molecular complexity index is 1080. The van der Waals surface area contributed by atoms with Gasteiger partial charge >= 0.3 is 12.0 Å². The largest absolute Gasteiger partial charge is 0.497 e. The lowest BCUT2D eigenvalue weighted by Gasteiger charge is -2.38. The number of urea groups is 1. The first-order valence-corrected chi connectivity index (χ1v) is 14.1. The third-order valence-electron chi connectivity index (χ3n) is 7.98. The fourth-order valence-corrected chi connectivity index (χ4v) is 5.95. The highest BCUT2D eigenvalue weighted by atomic mass is 16.5. The highest BCUT2D eigenvalue weighted by Gasteiger charge is 2.40. The van der Waals surface area contributed by atoms with Crippen molar-refractivity contribution in [3.8, 4) is 11.5 Å². The Labute approximate surface area is 231 Å². The molecular weight excluding hydrogens is 500 g/mol. The molecule has 0 spiro atoms. The lowest BCUT2D eigenvalue weighted by molar-refractivity contribution is -0.139. The summed E-state index contributed by atoms with van der Waals surface area (Å²) >= 11 is 0. The number of benzene rings is 1. The van der Waals surface area contributed by atoms with Gasteiger partial charge in [-0.05, 0) is 51.3 Å². The topological polar surface area (TPSA) is 101 Å².